The molecule has 0 spiro atoms. The number of benzene rings is 2. The molecule has 6 nitrogen and oxygen atoms in total. The lowest BCUT2D eigenvalue weighted by molar-refractivity contribution is -0.137. The van der Waals surface area contributed by atoms with Gasteiger partial charge in [-0.05, 0) is 54.6 Å². The molecule has 0 atom stereocenters. The van der Waals surface area contributed by atoms with Crippen LogP contribution in [0.25, 0.3) is 11.3 Å². The highest BCUT2D eigenvalue weighted by Crippen LogP contribution is 2.32. The number of nitrogens with zero attached hydrogens (tertiary/aromatic N) is 1. The average molecular weight is 458 g/mol. The highest BCUT2D eigenvalue weighted by Gasteiger charge is 2.31. The Morgan fingerprint density at radius 3 is 2.42 bits per heavy atom. The van der Waals surface area contributed by atoms with Crippen LogP contribution in [0.3, 0.4) is 0 Å². The van der Waals surface area contributed by atoms with Gasteiger partial charge in [-0.25, -0.2) is 0 Å². The second-order valence-corrected chi connectivity index (χ2v) is 7.67. The summed E-state index contributed by atoms with van der Waals surface area (Å²) in [5, 5.41) is 2.71. The van der Waals surface area contributed by atoms with E-state index in [1.54, 1.807) is 17.0 Å². The quantitative estimate of drug-likeness (QED) is 0.599. The fourth-order valence-electron chi connectivity index (χ4n) is 3.68. The zero-order valence-corrected chi connectivity index (χ0v) is 17.7. The van der Waals surface area contributed by atoms with Gasteiger partial charge in [-0.2, -0.15) is 13.2 Å². The minimum Gasteiger partial charge on any atom is -0.461 e. The van der Waals surface area contributed by atoms with Crippen LogP contribution in [0.4, 0.5) is 18.9 Å². The molecule has 1 aliphatic rings. The molecule has 1 N–H and O–H groups in total. The largest absolute Gasteiger partial charge is 0.461 e. The maximum absolute atomic E-state index is 12.8. The fourth-order valence-corrected chi connectivity index (χ4v) is 3.68. The van der Waals surface area contributed by atoms with E-state index < -0.39 is 11.7 Å². The summed E-state index contributed by atoms with van der Waals surface area (Å²) in [5.74, 6) is 0.835. The zero-order valence-electron chi connectivity index (χ0n) is 17.7. The van der Waals surface area contributed by atoms with Gasteiger partial charge in [-0.1, -0.05) is 0 Å². The predicted molar refractivity (Wildman–Crippen MR) is 115 cm³/mol. The standard InChI is InChI=1S/C24H21F3N2O4/c1-32-14-22(30)28-19-8-4-15(5-9-19)21-12-17-13-29(11-10-20(17)33-21)23(31)16-2-6-18(7-3-16)24(25,26)27/h2-9,12H,10-11,13-14H2,1H3,(H,28,30). The van der Waals surface area contributed by atoms with E-state index in [9.17, 15) is 22.8 Å². The molecule has 0 saturated heterocycles. The van der Waals surface area contributed by atoms with Crippen molar-refractivity contribution in [1.29, 1.82) is 0 Å². The molecule has 0 fully saturated rings. The first-order chi connectivity index (χ1) is 15.7. The maximum Gasteiger partial charge on any atom is 0.416 e. The van der Waals surface area contributed by atoms with Gasteiger partial charge in [0.25, 0.3) is 5.91 Å². The van der Waals surface area contributed by atoms with Crippen LogP contribution in [0.1, 0.15) is 27.2 Å². The number of methoxy groups -OCH3 is 1. The van der Waals surface area contributed by atoms with Gasteiger partial charge in [-0.3, -0.25) is 9.59 Å². The summed E-state index contributed by atoms with van der Waals surface area (Å²) in [7, 11) is 1.44. The molecule has 9 heteroatoms. The van der Waals surface area contributed by atoms with E-state index in [0.717, 1.165) is 29.0 Å². The Bertz CT molecular complexity index is 1150. The summed E-state index contributed by atoms with van der Waals surface area (Å²) in [6.07, 6.45) is -3.94. The van der Waals surface area contributed by atoms with Crippen molar-refractivity contribution >= 4 is 17.5 Å². The second kappa shape index (κ2) is 9.11. The number of carbonyl (C=O) groups excluding carboxylic acids is 2. The molecule has 3 aromatic rings. The fraction of sp³-hybridized carbons (Fsp3) is 0.250. The minimum atomic E-state index is -4.44. The molecule has 0 unspecified atom stereocenters. The monoisotopic (exact) mass is 458 g/mol. The van der Waals surface area contributed by atoms with Gasteiger partial charge in [-0.15, -0.1) is 0 Å². The Morgan fingerprint density at radius 2 is 1.79 bits per heavy atom. The van der Waals surface area contributed by atoms with Gasteiger partial charge in [0, 0.05) is 49.0 Å². The van der Waals surface area contributed by atoms with Crippen LogP contribution < -0.4 is 5.32 Å². The van der Waals surface area contributed by atoms with Crippen LogP contribution in [0, 0.1) is 0 Å². The number of rotatable bonds is 5. The van der Waals surface area contributed by atoms with Crippen LogP contribution >= 0.6 is 0 Å². The summed E-state index contributed by atoms with van der Waals surface area (Å²) >= 11 is 0. The number of amides is 2. The molecular formula is C24H21F3N2O4. The third kappa shape index (κ3) is 5.09. The number of halogens is 3. The van der Waals surface area contributed by atoms with Crippen molar-refractivity contribution in [3.63, 3.8) is 0 Å². The molecule has 0 saturated carbocycles. The third-order valence-corrected chi connectivity index (χ3v) is 5.34. The Labute approximate surface area is 187 Å². The highest BCUT2D eigenvalue weighted by atomic mass is 19.4. The molecule has 0 radical (unpaired) electrons. The second-order valence-electron chi connectivity index (χ2n) is 7.67. The van der Waals surface area contributed by atoms with Gasteiger partial charge >= 0.3 is 6.18 Å². The Morgan fingerprint density at radius 1 is 1.09 bits per heavy atom. The summed E-state index contributed by atoms with van der Waals surface area (Å²) in [6.45, 7) is 0.683. The smallest absolute Gasteiger partial charge is 0.416 e. The SMILES string of the molecule is COCC(=O)Nc1ccc(-c2cc3c(o2)CCN(C(=O)c2ccc(C(F)(F)F)cc2)C3)cc1. The number of anilines is 1. The third-order valence-electron chi connectivity index (χ3n) is 5.34. The van der Waals surface area contributed by atoms with Crippen molar-refractivity contribution in [2.45, 2.75) is 19.1 Å². The van der Waals surface area contributed by atoms with Crippen molar-refractivity contribution in [2.24, 2.45) is 0 Å². The molecule has 1 aliphatic heterocycles. The maximum atomic E-state index is 12.8. The number of alkyl halides is 3. The van der Waals surface area contributed by atoms with Gasteiger partial charge in [0.05, 0.1) is 5.56 Å². The number of fused-ring (bicyclic) bond motifs is 1. The number of furan rings is 1. The van der Waals surface area contributed by atoms with Crippen LogP contribution in [0.15, 0.2) is 59.0 Å². The lowest BCUT2D eigenvalue weighted by atomic mass is 10.1. The molecule has 2 heterocycles. The van der Waals surface area contributed by atoms with Crippen molar-refractivity contribution < 1.29 is 31.9 Å². The van der Waals surface area contributed by atoms with E-state index >= 15 is 0 Å². The Balaban J connectivity index is 1.45. The first-order valence-corrected chi connectivity index (χ1v) is 10.2. The van der Waals surface area contributed by atoms with Crippen LogP contribution in [0.5, 0.6) is 0 Å². The van der Waals surface area contributed by atoms with E-state index in [4.69, 9.17) is 9.15 Å². The normalized spacial score (nSPS) is 13.5. The molecule has 33 heavy (non-hydrogen) atoms. The molecule has 0 aliphatic carbocycles. The van der Waals surface area contributed by atoms with E-state index in [-0.39, 0.29) is 24.0 Å². The van der Waals surface area contributed by atoms with E-state index in [2.05, 4.69) is 5.32 Å². The lowest BCUT2D eigenvalue weighted by Crippen LogP contribution is -2.35. The molecule has 1 aromatic heterocycles. The summed E-state index contributed by atoms with van der Waals surface area (Å²) in [5.41, 5.74) is 1.72. The first kappa shape index (κ1) is 22.6. The van der Waals surface area contributed by atoms with Crippen molar-refractivity contribution in [1.82, 2.24) is 4.90 Å². The zero-order chi connectivity index (χ0) is 23.6. The first-order valence-electron chi connectivity index (χ1n) is 10.2. The van der Waals surface area contributed by atoms with Gasteiger partial charge in [0.15, 0.2) is 0 Å². The topological polar surface area (TPSA) is 71.8 Å². The number of hydrogen-bond acceptors (Lipinski definition) is 4. The lowest BCUT2D eigenvalue weighted by Gasteiger charge is -2.26. The molecular weight excluding hydrogens is 437 g/mol. The summed E-state index contributed by atoms with van der Waals surface area (Å²) < 4.78 is 49.0. The van der Waals surface area contributed by atoms with Crippen molar-refractivity contribution in [3.8, 4) is 11.3 Å². The minimum absolute atomic E-state index is 0.0334. The van der Waals surface area contributed by atoms with Crippen LogP contribution in [-0.2, 0) is 28.7 Å². The Hall–Kier alpha value is -3.59. The van der Waals surface area contributed by atoms with E-state index in [0.29, 0.717) is 31.0 Å². The summed E-state index contributed by atoms with van der Waals surface area (Å²) in [6, 6.07) is 13.2. The number of ether oxygens (including phenoxy) is 1. The van der Waals surface area contributed by atoms with Gasteiger partial charge in [0.1, 0.15) is 18.1 Å². The average Bonchev–Trinajstić information content (AvgIpc) is 3.22. The predicted octanol–water partition coefficient (Wildman–Crippen LogP) is 4.75. The van der Waals surface area contributed by atoms with E-state index in [1.807, 2.05) is 18.2 Å². The van der Waals surface area contributed by atoms with Gasteiger partial charge in [0.2, 0.25) is 5.91 Å². The van der Waals surface area contributed by atoms with Crippen molar-refractivity contribution in [2.75, 3.05) is 25.6 Å². The molecule has 0 bridgehead atoms. The summed E-state index contributed by atoms with van der Waals surface area (Å²) in [4.78, 5) is 26.0. The molecule has 2 amide bonds. The van der Waals surface area contributed by atoms with E-state index in [1.165, 1.54) is 19.2 Å². The number of hydrogen-bond donors (Lipinski definition) is 1. The van der Waals surface area contributed by atoms with Crippen LogP contribution in [0.2, 0.25) is 0 Å². The molecule has 2 aromatic carbocycles. The highest BCUT2D eigenvalue weighted by molar-refractivity contribution is 5.94. The van der Waals surface area contributed by atoms with Crippen molar-refractivity contribution in [3.05, 3.63) is 77.0 Å². The number of nitrogens with one attached hydrogen (secondary N) is 1. The molecule has 172 valence electrons. The molecule has 4 rings (SSSR count). The Kier molecular flexibility index (Phi) is 6.24. The van der Waals surface area contributed by atoms with Gasteiger partial charge < -0.3 is 19.4 Å². The number of carbonyl (C=O) groups is 2. The van der Waals surface area contributed by atoms with Crippen LogP contribution in [-0.4, -0.2) is 37.0 Å².